The van der Waals surface area contributed by atoms with E-state index in [0.717, 1.165) is 12.0 Å². The molecular weight excluding hydrogens is 307 g/mol. The lowest BCUT2D eigenvalue weighted by Gasteiger charge is -2.14. The van der Waals surface area contributed by atoms with Crippen molar-refractivity contribution in [3.05, 3.63) is 63.6 Å². The van der Waals surface area contributed by atoms with Crippen LogP contribution in [0.25, 0.3) is 0 Å². The lowest BCUT2D eigenvalue weighted by molar-refractivity contribution is 0.0940. The van der Waals surface area contributed by atoms with E-state index >= 15 is 0 Å². The first-order valence-electron chi connectivity index (χ1n) is 6.56. The number of anilines is 1. The molecule has 0 aliphatic heterocycles. The summed E-state index contributed by atoms with van der Waals surface area (Å²) in [6.07, 6.45) is 0.728. The highest BCUT2D eigenvalue weighted by Crippen LogP contribution is 2.19. The average Bonchev–Trinajstić information content (AvgIpc) is 2.44. The van der Waals surface area contributed by atoms with E-state index in [2.05, 4.69) is 5.32 Å². The predicted octanol–water partition coefficient (Wildman–Crippen LogP) is 3.94. The van der Waals surface area contributed by atoms with Crippen LogP contribution in [0.4, 0.5) is 5.69 Å². The van der Waals surface area contributed by atoms with Crippen LogP contribution in [-0.4, -0.2) is 11.9 Å². The number of nitrogen functional groups attached to an aromatic ring is 1. The van der Waals surface area contributed by atoms with E-state index in [0.29, 0.717) is 21.3 Å². The Morgan fingerprint density at radius 1 is 1.19 bits per heavy atom. The van der Waals surface area contributed by atoms with Gasteiger partial charge in [0.2, 0.25) is 0 Å². The normalized spacial score (nSPS) is 12.0. The molecular formula is C16H16Cl2N2O. The number of nitrogens with one attached hydrogen (secondary N) is 1. The lowest BCUT2D eigenvalue weighted by atomic mass is 10.1. The maximum atomic E-state index is 12.1. The number of carbonyl (C=O) groups excluding carboxylic acids is 1. The molecule has 3 nitrogen and oxygen atoms in total. The van der Waals surface area contributed by atoms with Crippen LogP contribution in [0, 0.1) is 0 Å². The molecule has 2 rings (SSSR count). The number of amides is 1. The summed E-state index contributed by atoms with van der Waals surface area (Å²) < 4.78 is 0. The predicted molar refractivity (Wildman–Crippen MR) is 87.9 cm³/mol. The van der Waals surface area contributed by atoms with Crippen molar-refractivity contribution in [1.29, 1.82) is 0 Å². The monoisotopic (exact) mass is 322 g/mol. The molecule has 21 heavy (non-hydrogen) atoms. The fourth-order valence-corrected chi connectivity index (χ4v) is 2.26. The SMILES string of the molecule is CC(Cc1ccc(Cl)cc1)NC(=O)c1ccc(Cl)c(N)c1. The Bertz CT molecular complexity index is 641. The third-order valence-electron chi connectivity index (χ3n) is 3.09. The Morgan fingerprint density at radius 3 is 2.48 bits per heavy atom. The van der Waals surface area contributed by atoms with Gasteiger partial charge in [-0.3, -0.25) is 4.79 Å². The fraction of sp³-hybridized carbons (Fsp3) is 0.188. The number of benzene rings is 2. The number of hydrogen-bond donors (Lipinski definition) is 2. The van der Waals surface area contributed by atoms with Gasteiger partial charge in [0.15, 0.2) is 0 Å². The Balaban J connectivity index is 1.98. The molecule has 110 valence electrons. The molecule has 0 saturated carbocycles. The quantitative estimate of drug-likeness (QED) is 0.838. The van der Waals surface area contributed by atoms with Gasteiger partial charge in [0.05, 0.1) is 10.7 Å². The molecule has 1 unspecified atom stereocenters. The van der Waals surface area contributed by atoms with Gasteiger partial charge >= 0.3 is 0 Å². The molecule has 1 amide bonds. The first-order chi connectivity index (χ1) is 9.95. The van der Waals surface area contributed by atoms with Crippen molar-refractivity contribution in [2.24, 2.45) is 0 Å². The topological polar surface area (TPSA) is 55.1 Å². The van der Waals surface area contributed by atoms with Crippen LogP contribution in [0.2, 0.25) is 10.0 Å². The van der Waals surface area contributed by atoms with Gasteiger partial charge in [-0.2, -0.15) is 0 Å². The van der Waals surface area contributed by atoms with Crippen molar-refractivity contribution in [2.45, 2.75) is 19.4 Å². The zero-order valence-electron chi connectivity index (χ0n) is 11.6. The first-order valence-corrected chi connectivity index (χ1v) is 7.31. The van der Waals surface area contributed by atoms with Gasteiger partial charge < -0.3 is 11.1 Å². The summed E-state index contributed by atoms with van der Waals surface area (Å²) in [6.45, 7) is 1.95. The zero-order valence-corrected chi connectivity index (χ0v) is 13.1. The second-order valence-electron chi connectivity index (χ2n) is 4.94. The van der Waals surface area contributed by atoms with E-state index in [9.17, 15) is 4.79 Å². The Labute approximate surface area is 134 Å². The first kappa shape index (κ1) is 15.7. The molecule has 5 heteroatoms. The fourth-order valence-electron chi connectivity index (χ4n) is 2.02. The molecule has 0 aliphatic carbocycles. The molecule has 1 atom stereocenters. The highest BCUT2D eigenvalue weighted by Gasteiger charge is 2.11. The highest BCUT2D eigenvalue weighted by atomic mass is 35.5. The summed E-state index contributed by atoms with van der Waals surface area (Å²) in [6, 6.07) is 12.4. The summed E-state index contributed by atoms with van der Waals surface area (Å²) in [5.74, 6) is -0.167. The van der Waals surface area contributed by atoms with E-state index in [4.69, 9.17) is 28.9 Å². The van der Waals surface area contributed by atoms with E-state index in [1.165, 1.54) is 0 Å². The van der Waals surface area contributed by atoms with Crippen LogP contribution in [0.1, 0.15) is 22.8 Å². The summed E-state index contributed by atoms with van der Waals surface area (Å²) in [5.41, 5.74) is 7.71. The Morgan fingerprint density at radius 2 is 1.86 bits per heavy atom. The van der Waals surface area contributed by atoms with Gasteiger partial charge in [0, 0.05) is 16.6 Å². The largest absolute Gasteiger partial charge is 0.398 e. The van der Waals surface area contributed by atoms with Crippen LogP contribution in [0.3, 0.4) is 0 Å². The van der Waals surface area contributed by atoms with Gasteiger partial charge in [-0.25, -0.2) is 0 Å². The Kier molecular flexibility index (Phi) is 5.10. The molecule has 3 N–H and O–H groups in total. The van der Waals surface area contributed by atoms with Crippen molar-refractivity contribution in [2.75, 3.05) is 5.73 Å². The van der Waals surface area contributed by atoms with Gasteiger partial charge in [-0.1, -0.05) is 35.3 Å². The molecule has 2 aromatic rings. The number of nitrogens with two attached hydrogens (primary N) is 1. The van der Waals surface area contributed by atoms with Gasteiger partial charge in [0.25, 0.3) is 5.91 Å². The summed E-state index contributed by atoms with van der Waals surface area (Å²) in [5, 5.41) is 4.08. The zero-order chi connectivity index (χ0) is 15.4. The van der Waals surface area contributed by atoms with Crippen LogP contribution in [-0.2, 0) is 6.42 Å². The van der Waals surface area contributed by atoms with Gasteiger partial charge in [-0.15, -0.1) is 0 Å². The third-order valence-corrected chi connectivity index (χ3v) is 3.69. The van der Waals surface area contributed by atoms with Crippen molar-refractivity contribution >= 4 is 34.8 Å². The molecule has 0 aromatic heterocycles. The lowest BCUT2D eigenvalue weighted by Crippen LogP contribution is -2.34. The highest BCUT2D eigenvalue weighted by molar-refractivity contribution is 6.33. The van der Waals surface area contributed by atoms with Crippen molar-refractivity contribution < 1.29 is 4.79 Å². The molecule has 0 fully saturated rings. The standard InChI is InChI=1S/C16H16Cl2N2O/c1-10(8-11-2-5-13(17)6-3-11)20-16(21)12-4-7-14(18)15(19)9-12/h2-7,9-10H,8,19H2,1H3,(H,20,21). The molecule has 0 bridgehead atoms. The van der Waals surface area contributed by atoms with Crippen LogP contribution >= 0.6 is 23.2 Å². The second-order valence-corrected chi connectivity index (χ2v) is 5.79. The van der Waals surface area contributed by atoms with Gasteiger partial charge in [-0.05, 0) is 49.2 Å². The minimum Gasteiger partial charge on any atom is -0.398 e. The Hall–Kier alpha value is -1.71. The van der Waals surface area contributed by atoms with Crippen molar-refractivity contribution in [3.8, 4) is 0 Å². The van der Waals surface area contributed by atoms with Crippen LogP contribution < -0.4 is 11.1 Å². The van der Waals surface area contributed by atoms with E-state index in [1.54, 1.807) is 18.2 Å². The molecule has 2 aromatic carbocycles. The van der Waals surface area contributed by atoms with Crippen molar-refractivity contribution in [1.82, 2.24) is 5.32 Å². The number of carbonyl (C=O) groups is 1. The van der Waals surface area contributed by atoms with Crippen LogP contribution in [0.15, 0.2) is 42.5 Å². The number of hydrogen-bond acceptors (Lipinski definition) is 2. The summed E-state index contributed by atoms with van der Waals surface area (Å²) in [4.78, 5) is 12.1. The van der Waals surface area contributed by atoms with Crippen LogP contribution in [0.5, 0.6) is 0 Å². The number of halogens is 2. The number of rotatable bonds is 4. The molecule has 0 heterocycles. The minimum atomic E-state index is -0.167. The summed E-state index contributed by atoms with van der Waals surface area (Å²) >= 11 is 11.7. The second kappa shape index (κ2) is 6.83. The minimum absolute atomic E-state index is 0.00409. The summed E-state index contributed by atoms with van der Waals surface area (Å²) in [7, 11) is 0. The molecule has 0 radical (unpaired) electrons. The van der Waals surface area contributed by atoms with Crippen molar-refractivity contribution in [3.63, 3.8) is 0 Å². The molecule has 0 aliphatic rings. The van der Waals surface area contributed by atoms with Gasteiger partial charge in [0.1, 0.15) is 0 Å². The maximum absolute atomic E-state index is 12.1. The molecule has 0 saturated heterocycles. The van der Waals surface area contributed by atoms with E-state index in [-0.39, 0.29) is 11.9 Å². The van der Waals surface area contributed by atoms with E-state index < -0.39 is 0 Å². The smallest absolute Gasteiger partial charge is 0.251 e. The average molecular weight is 323 g/mol. The maximum Gasteiger partial charge on any atom is 0.251 e. The third kappa shape index (κ3) is 4.38. The molecule has 0 spiro atoms. The van der Waals surface area contributed by atoms with E-state index in [1.807, 2.05) is 31.2 Å².